The van der Waals surface area contributed by atoms with Crippen LogP contribution in [0.3, 0.4) is 0 Å². The van der Waals surface area contributed by atoms with Gasteiger partial charge in [-0.3, -0.25) is 4.79 Å². The Bertz CT molecular complexity index is 448. The highest BCUT2D eigenvalue weighted by Crippen LogP contribution is 2.20. The monoisotopic (exact) mass is 275 g/mol. The first-order valence-corrected chi connectivity index (χ1v) is 7.58. The highest BCUT2D eigenvalue weighted by Gasteiger charge is 2.21. The summed E-state index contributed by atoms with van der Waals surface area (Å²) in [6.45, 7) is 8.91. The third kappa shape index (κ3) is 3.99. The Kier molecular flexibility index (Phi) is 5.05. The van der Waals surface area contributed by atoms with Gasteiger partial charge in [0, 0.05) is 18.7 Å². The van der Waals surface area contributed by atoms with Crippen molar-refractivity contribution in [2.24, 2.45) is 11.8 Å². The molecule has 0 aromatic heterocycles. The van der Waals surface area contributed by atoms with Gasteiger partial charge in [-0.05, 0) is 42.9 Å². The largest absolute Gasteiger partial charge is 0.493 e. The van der Waals surface area contributed by atoms with Crippen molar-refractivity contribution in [3.63, 3.8) is 0 Å². The predicted octanol–water partition coefficient (Wildman–Crippen LogP) is 3.59. The van der Waals surface area contributed by atoms with E-state index in [1.165, 1.54) is 0 Å². The molecule has 1 aliphatic heterocycles. The molecule has 3 nitrogen and oxygen atoms in total. The van der Waals surface area contributed by atoms with Crippen molar-refractivity contribution >= 4 is 5.91 Å². The lowest BCUT2D eigenvalue weighted by atomic mass is 9.98. The summed E-state index contributed by atoms with van der Waals surface area (Å²) < 4.78 is 5.69. The van der Waals surface area contributed by atoms with E-state index in [4.69, 9.17) is 4.74 Å². The zero-order valence-corrected chi connectivity index (χ0v) is 12.8. The number of benzene rings is 1. The molecule has 0 atom stereocenters. The molecular weight excluding hydrogens is 250 g/mol. The van der Waals surface area contributed by atoms with Crippen molar-refractivity contribution in [2.45, 2.75) is 33.6 Å². The molecule has 20 heavy (non-hydrogen) atoms. The van der Waals surface area contributed by atoms with Gasteiger partial charge < -0.3 is 9.64 Å². The molecule has 0 aliphatic carbocycles. The van der Waals surface area contributed by atoms with Crippen LogP contribution in [0.4, 0.5) is 0 Å². The molecule has 110 valence electrons. The second-order valence-electron chi connectivity index (χ2n) is 6.21. The second-order valence-corrected chi connectivity index (χ2v) is 6.21. The van der Waals surface area contributed by atoms with Crippen molar-refractivity contribution in [1.29, 1.82) is 0 Å². The van der Waals surface area contributed by atoms with E-state index in [-0.39, 0.29) is 5.91 Å². The topological polar surface area (TPSA) is 29.5 Å². The number of nitrogens with zero attached hydrogens (tertiary/aromatic N) is 1. The first kappa shape index (κ1) is 14.9. The maximum absolute atomic E-state index is 12.5. The van der Waals surface area contributed by atoms with Crippen LogP contribution < -0.4 is 4.74 Å². The Balaban J connectivity index is 2.00. The van der Waals surface area contributed by atoms with E-state index in [1.54, 1.807) is 0 Å². The summed E-state index contributed by atoms with van der Waals surface area (Å²) in [6, 6.07) is 7.55. The maximum atomic E-state index is 12.5. The van der Waals surface area contributed by atoms with E-state index >= 15 is 0 Å². The lowest BCUT2D eigenvalue weighted by Gasteiger charge is -2.30. The van der Waals surface area contributed by atoms with Crippen LogP contribution in [0.25, 0.3) is 0 Å². The fourth-order valence-electron chi connectivity index (χ4n) is 2.38. The highest BCUT2D eigenvalue weighted by molar-refractivity contribution is 5.94. The molecule has 0 N–H and O–H groups in total. The van der Waals surface area contributed by atoms with Crippen LogP contribution in [0.15, 0.2) is 24.3 Å². The van der Waals surface area contributed by atoms with Crippen LogP contribution in [-0.2, 0) is 0 Å². The average molecular weight is 275 g/mol. The van der Waals surface area contributed by atoms with Crippen LogP contribution in [0.1, 0.15) is 44.0 Å². The number of amides is 1. The Labute approximate surface area is 121 Å². The minimum atomic E-state index is 0.131. The van der Waals surface area contributed by atoms with Gasteiger partial charge in [-0.15, -0.1) is 0 Å². The summed E-state index contributed by atoms with van der Waals surface area (Å²) in [4.78, 5) is 14.4. The number of rotatable bonds is 4. The lowest BCUT2D eigenvalue weighted by Crippen LogP contribution is -2.37. The van der Waals surface area contributed by atoms with Gasteiger partial charge in [-0.2, -0.15) is 0 Å². The summed E-state index contributed by atoms with van der Waals surface area (Å²) in [7, 11) is 0. The van der Waals surface area contributed by atoms with E-state index in [0.29, 0.717) is 12.5 Å². The molecule has 1 saturated heterocycles. The van der Waals surface area contributed by atoms with Crippen molar-refractivity contribution in [1.82, 2.24) is 4.90 Å². The molecule has 0 bridgehead atoms. The number of carbonyl (C=O) groups is 1. The lowest BCUT2D eigenvalue weighted by molar-refractivity contribution is 0.0696. The Hall–Kier alpha value is -1.51. The highest BCUT2D eigenvalue weighted by atomic mass is 16.5. The van der Waals surface area contributed by atoms with E-state index in [9.17, 15) is 4.79 Å². The molecule has 0 saturated carbocycles. The quantitative estimate of drug-likeness (QED) is 0.840. The SMILES string of the molecule is CC(C)COc1cccc(C(=O)N2CCC(C)CC2)c1. The molecule has 3 heteroatoms. The normalized spacial score (nSPS) is 16.5. The van der Waals surface area contributed by atoms with Gasteiger partial charge in [-0.25, -0.2) is 0 Å². The van der Waals surface area contributed by atoms with Crippen LogP contribution in [-0.4, -0.2) is 30.5 Å². The van der Waals surface area contributed by atoms with Crippen LogP contribution in [0, 0.1) is 11.8 Å². The molecule has 2 rings (SSSR count). The number of hydrogen-bond donors (Lipinski definition) is 0. The van der Waals surface area contributed by atoms with Gasteiger partial charge in [0.05, 0.1) is 6.61 Å². The predicted molar refractivity (Wildman–Crippen MR) is 81.1 cm³/mol. The first-order valence-electron chi connectivity index (χ1n) is 7.58. The van der Waals surface area contributed by atoms with Crippen molar-refractivity contribution < 1.29 is 9.53 Å². The summed E-state index contributed by atoms with van der Waals surface area (Å²) in [5.41, 5.74) is 0.737. The Morgan fingerprint density at radius 2 is 2.05 bits per heavy atom. The Morgan fingerprint density at radius 1 is 1.35 bits per heavy atom. The van der Waals surface area contributed by atoms with E-state index in [2.05, 4.69) is 20.8 Å². The van der Waals surface area contributed by atoms with Gasteiger partial charge in [0.15, 0.2) is 0 Å². The number of likely N-dealkylation sites (tertiary alicyclic amines) is 1. The number of ether oxygens (including phenoxy) is 1. The molecule has 1 amide bonds. The summed E-state index contributed by atoms with van der Waals surface area (Å²) in [5.74, 6) is 2.14. The first-order chi connectivity index (χ1) is 9.56. The molecule has 1 aromatic rings. The number of carbonyl (C=O) groups excluding carboxylic acids is 1. The number of hydrogen-bond acceptors (Lipinski definition) is 2. The van der Waals surface area contributed by atoms with Crippen LogP contribution >= 0.6 is 0 Å². The van der Waals surface area contributed by atoms with Crippen LogP contribution in [0.5, 0.6) is 5.75 Å². The second kappa shape index (κ2) is 6.78. The Morgan fingerprint density at radius 3 is 2.70 bits per heavy atom. The smallest absolute Gasteiger partial charge is 0.253 e. The fourth-order valence-corrected chi connectivity index (χ4v) is 2.38. The van der Waals surface area contributed by atoms with Crippen molar-refractivity contribution in [3.05, 3.63) is 29.8 Å². The third-order valence-corrected chi connectivity index (χ3v) is 3.74. The molecular formula is C17H25NO2. The van der Waals surface area contributed by atoms with E-state index in [1.807, 2.05) is 29.2 Å². The van der Waals surface area contributed by atoms with Gasteiger partial charge in [-0.1, -0.05) is 26.8 Å². The summed E-state index contributed by atoms with van der Waals surface area (Å²) in [6.07, 6.45) is 2.21. The zero-order valence-electron chi connectivity index (χ0n) is 12.8. The molecule has 0 unspecified atom stereocenters. The fraction of sp³-hybridized carbons (Fsp3) is 0.588. The molecule has 1 heterocycles. The molecule has 1 aromatic carbocycles. The zero-order chi connectivity index (χ0) is 14.5. The van der Waals surface area contributed by atoms with Crippen LogP contribution in [0.2, 0.25) is 0 Å². The average Bonchev–Trinajstić information content (AvgIpc) is 2.45. The van der Waals surface area contributed by atoms with Gasteiger partial charge in [0.2, 0.25) is 0 Å². The number of piperidine rings is 1. The van der Waals surface area contributed by atoms with Gasteiger partial charge in [0.1, 0.15) is 5.75 Å². The van der Waals surface area contributed by atoms with Crippen molar-refractivity contribution in [2.75, 3.05) is 19.7 Å². The molecule has 1 aliphatic rings. The van der Waals surface area contributed by atoms with Gasteiger partial charge in [0.25, 0.3) is 5.91 Å². The van der Waals surface area contributed by atoms with Gasteiger partial charge >= 0.3 is 0 Å². The molecule has 1 fully saturated rings. The molecule has 0 radical (unpaired) electrons. The summed E-state index contributed by atoms with van der Waals surface area (Å²) in [5, 5.41) is 0. The minimum absolute atomic E-state index is 0.131. The van der Waals surface area contributed by atoms with E-state index < -0.39 is 0 Å². The third-order valence-electron chi connectivity index (χ3n) is 3.74. The summed E-state index contributed by atoms with van der Waals surface area (Å²) >= 11 is 0. The van der Waals surface area contributed by atoms with Crippen molar-refractivity contribution in [3.8, 4) is 5.75 Å². The maximum Gasteiger partial charge on any atom is 0.253 e. The van der Waals surface area contributed by atoms with E-state index in [0.717, 1.165) is 43.2 Å². The minimum Gasteiger partial charge on any atom is -0.493 e. The molecule has 0 spiro atoms. The standard InChI is InChI=1S/C17H25NO2/c1-13(2)12-20-16-6-4-5-15(11-16)17(19)18-9-7-14(3)8-10-18/h4-6,11,13-14H,7-10,12H2,1-3H3.